The van der Waals surface area contributed by atoms with Gasteiger partial charge in [0.25, 0.3) is 0 Å². The number of aromatic nitrogens is 1. The topological polar surface area (TPSA) is 49.1 Å². The van der Waals surface area contributed by atoms with Gasteiger partial charge in [0, 0.05) is 26.4 Å². The molecule has 4 nitrogen and oxygen atoms in total. The second-order valence-electron chi connectivity index (χ2n) is 4.59. The average Bonchev–Trinajstić information content (AvgIpc) is 2.40. The molecule has 1 aliphatic heterocycles. The minimum Gasteiger partial charge on any atom is -0.379 e. The van der Waals surface area contributed by atoms with Crippen LogP contribution in [0.4, 0.5) is 5.82 Å². The van der Waals surface area contributed by atoms with Crippen LogP contribution in [-0.2, 0) is 4.74 Å². The van der Waals surface area contributed by atoms with Gasteiger partial charge in [0.2, 0.25) is 0 Å². The van der Waals surface area contributed by atoms with Gasteiger partial charge in [-0.3, -0.25) is 0 Å². The van der Waals surface area contributed by atoms with Crippen molar-refractivity contribution in [3.05, 3.63) is 22.8 Å². The minimum atomic E-state index is 0.183. The van der Waals surface area contributed by atoms with Gasteiger partial charge in [-0.1, -0.05) is 18.5 Å². The number of rotatable bonds is 2. The third kappa shape index (κ3) is 2.43. The zero-order valence-electron chi connectivity index (χ0n) is 10.6. The van der Waals surface area contributed by atoms with Crippen molar-refractivity contribution in [3.63, 3.8) is 0 Å². The summed E-state index contributed by atoms with van der Waals surface area (Å²) in [6, 6.07) is 3.71. The summed E-state index contributed by atoms with van der Waals surface area (Å²) in [6.45, 7) is 3.84. The molecule has 2 rings (SSSR count). The first-order chi connectivity index (χ1) is 8.67. The van der Waals surface area contributed by atoms with Crippen LogP contribution >= 0.6 is 11.6 Å². The van der Waals surface area contributed by atoms with Gasteiger partial charge in [-0.15, -0.1) is 0 Å². The number of hydrogen-bond donors (Lipinski definition) is 0. The fourth-order valence-corrected chi connectivity index (χ4v) is 2.55. The molecule has 96 valence electrons. The quantitative estimate of drug-likeness (QED) is 0.824. The van der Waals surface area contributed by atoms with Crippen LogP contribution in [0.5, 0.6) is 0 Å². The van der Waals surface area contributed by atoms with Gasteiger partial charge >= 0.3 is 0 Å². The predicted molar refractivity (Wildman–Crippen MR) is 70.8 cm³/mol. The molecule has 18 heavy (non-hydrogen) atoms. The Hall–Kier alpha value is -1.31. The number of anilines is 1. The lowest BCUT2D eigenvalue weighted by molar-refractivity contribution is 0.0496. The number of halogens is 1. The molecule has 0 spiro atoms. The molecule has 0 aliphatic carbocycles. The fraction of sp³-hybridized carbons (Fsp3) is 0.538. The number of pyridine rings is 1. The molecule has 5 heteroatoms. The Morgan fingerprint density at radius 3 is 3.06 bits per heavy atom. The van der Waals surface area contributed by atoms with Crippen molar-refractivity contribution in [2.75, 3.05) is 25.1 Å². The molecule has 0 saturated carbocycles. The van der Waals surface area contributed by atoms with E-state index in [0.29, 0.717) is 22.3 Å². The van der Waals surface area contributed by atoms with Gasteiger partial charge in [-0.2, -0.15) is 5.26 Å². The first kappa shape index (κ1) is 13.1. The molecular weight excluding hydrogens is 250 g/mol. The van der Waals surface area contributed by atoms with E-state index >= 15 is 0 Å². The van der Waals surface area contributed by atoms with Crippen molar-refractivity contribution in [1.82, 2.24) is 4.98 Å². The number of ether oxygens (including phenoxy) is 1. The minimum absolute atomic E-state index is 0.183. The molecule has 1 fully saturated rings. The van der Waals surface area contributed by atoms with Gasteiger partial charge in [0.05, 0.1) is 11.7 Å². The normalized spacial score (nSPS) is 23.8. The van der Waals surface area contributed by atoms with Crippen LogP contribution in [0.3, 0.4) is 0 Å². The molecule has 2 heterocycles. The largest absolute Gasteiger partial charge is 0.379 e. The highest BCUT2D eigenvalue weighted by molar-refractivity contribution is 6.34. The number of methoxy groups -OCH3 is 1. The Morgan fingerprint density at radius 1 is 1.61 bits per heavy atom. The second kappa shape index (κ2) is 5.55. The van der Waals surface area contributed by atoms with Gasteiger partial charge in [-0.25, -0.2) is 4.98 Å². The maximum atomic E-state index is 8.98. The van der Waals surface area contributed by atoms with Gasteiger partial charge in [-0.05, 0) is 18.4 Å². The number of nitrogens with zero attached hydrogens (tertiary/aromatic N) is 3. The van der Waals surface area contributed by atoms with Crippen LogP contribution < -0.4 is 4.90 Å². The Kier molecular flexibility index (Phi) is 4.05. The predicted octanol–water partition coefficient (Wildman–Crippen LogP) is 2.47. The van der Waals surface area contributed by atoms with E-state index in [2.05, 4.69) is 22.9 Å². The van der Waals surface area contributed by atoms with Crippen molar-refractivity contribution < 1.29 is 4.74 Å². The summed E-state index contributed by atoms with van der Waals surface area (Å²) in [5.41, 5.74) is 0.467. The molecule has 1 saturated heterocycles. The highest BCUT2D eigenvalue weighted by Crippen LogP contribution is 2.30. The van der Waals surface area contributed by atoms with E-state index in [9.17, 15) is 0 Å². The molecule has 1 aromatic heterocycles. The average molecular weight is 266 g/mol. The van der Waals surface area contributed by atoms with E-state index in [0.717, 1.165) is 19.5 Å². The Morgan fingerprint density at radius 2 is 2.39 bits per heavy atom. The summed E-state index contributed by atoms with van der Waals surface area (Å²) in [7, 11) is 1.73. The zero-order valence-corrected chi connectivity index (χ0v) is 11.3. The fourth-order valence-electron chi connectivity index (χ4n) is 2.27. The Bertz CT molecular complexity index is 472. The van der Waals surface area contributed by atoms with Gasteiger partial charge in [0.15, 0.2) is 0 Å². The summed E-state index contributed by atoms with van der Waals surface area (Å²) in [6.07, 6.45) is 2.84. The molecule has 1 aromatic rings. The lowest BCUT2D eigenvalue weighted by Gasteiger charge is -2.37. The summed E-state index contributed by atoms with van der Waals surface area (Å²) in [5.74, 6) is 1.22. The Balaban J connectivity index is 2.25. The van der Waals surface area contributed by atoms with E-state index in [1.165, 1.54) is 0 Å². The summed E-state index contributed by atoms with van der Waals surface area (Å²) >= 11 is 6.20. The third-order valence-corrected chi connectivity index (χ3v) is 3.86. The molecule has 1 aliphatic rings. The summed E-state index contributed by atoms with van der Waals surface area (Å²) < 4.78 is 5.47. The molecule has 0 amide bonds. The number of nitriles is 1. The zero-order chi connectivity index (χ0) is 13.1. The monoisotopic (exact) mass is 265 g/mol. The van der Waals surface area contributed by atoms with Crippen LogP contribution in [0.2, 0.25) is 5.02 Å². The van der Waals surface area contributed by atoms with E-state index in [4.69, 9.17) is 21.6 Å². The van der Waals surface area contributed by atoms with Crippen LogP contribution in [0.1, 0.15) is 18.9 Å². The molecule has 0 bridgehead atoms. The van der Waals surface area contributed by atoms with Crippen LogP contribution in [0.25, 0.3) is 0 Å². The van der Waals surface area contributed by atoms with E-state index < -0.39 is 0 Å². The maximum Gasteiger partial charge on any atom is 0.148 e. The smallest absolute Gasteiger partial charge is 0.148 e. The summed E-state index contributed by atoms with van der Waals surface area (Å²) in [5, 5.41) is 9.41. The van der Waals surface area contributed by atoms with Crippen molar-refractivity contribution in [1.29, 1.82) is 5.26 Å². The standard InChI is InChI=1S/C13H16ClN3O/c1-9-4-6-17(8-11(9)18-2)13-12(14)10(7-15)3-5-16-13/h3,5,9,11H,4,6,8H2,1-2H3. The first-order valence-electron chi connectivity index (χ1n) is 5.99. The van der Waals surface area contributed by atoms with E-state index in [1.54, 1.807) is 19.4 Å². The van der Waals surface area contributed by atoms with Gasteiger partial charge in [0.1, 0.15) is 16.9 Å². The highest BCUT2D eigenvalue weighted by Gasteiger charge is 2.28. The van der Waals surface area contributed by atoms with Crippen molar-refractivity contribution >= 4 is 17.4 Å². The molecule has 2 atom stereocenters. The van der Waals surface area contributed by atoms with Crippen molar-refractivity contribution in [3.8, 4) is 6.07 Å². The number of piperidine rings is 1. The van der Waals surface area contributed by atoms with Crippen molar-refractivity contribution in [2.45, 2.75) is 19.4 Å². The second-order valence-corrected chi connectivity index (χ2v) is 4.97. The van der Waals surface area contributed by atoms with E-state index in [1.807, 2.05) is 0 Å². The van der Waals surface area contributed by atoms with Gasteiger partial charge < -0.3 is 9.64 Å². The van der Waals surface area contributed by atoms with Crippen LogP contribution in [0.15, 0.2) is 12.3 Å². The first-order valence-corrected chi connectivity index (χ1v) is 6.37. The molecule has 0 N–H and O–H groups in total. The molecule has 2 unspecified atom stereocenters. The lowest BCUT2D eigenvalue weighted by Crippen LogP contribution is -2.44. The molecule has 0 radical (unpaired) electrons. The maximum absolute atomic E-state index is 8.98. The Labute approximate surface area is 112 Å². The molecule has 0 aromatic carbocycles. The van der Waals surface area contributed by atoms with Crippen LogP contribution in [0, 0.1) is 17.2 Å². The number of hydrogen-bond acceptors (Lipinski definition) is 4. The SMILES string of the molecule is COC1CN(c2nccc(C#N)c2Cl)CCC1C. The lowest BCUT2D eigenvalue weighted by atomic mass is 9.96. The third-order valence-electron chi connectivity index (χ3n) is 3.48. The highest BCUT2D eigenvalue weighted by atomic mass is 35.5. The summed E-state index contributed by atoms with van der Waals surface area (Å²) in [4.78, 5) is 6.39. The van der Waals surface area contributed by atoms with Crippen LogP contribution in [-0.4, -0.2) is 31.3 Å². The van der Waals surface area contributed by atoms with E-state index in [-0.39, 0.29) is 6.10 Å². The molecular formula is C13H16ClN3O. The van der Waals surface area contributed by atoms with Crippen molar-refractivity contribution in [2.24, 2.45) is 5.92 Å².